The summed E-state index contributed by atoms with van der Waals surface area (Å²) in [6.45, 7) is 2.58. The number of aromatic nitrogens is 3. The fourth-order valence-corrected chi connectivity index (χ4v) is 3.86. The van der Waals surface area contributed by atoms with Gasteiger partial charge < -0.3 is 14.8 Å². The number of benzene rings is 1. The van der Waals surface area contributed by atoms with E-state index >= 15 is 0 Å². The molecule has 0 saturated carbocycles. The first kappa shape index (κ1) is 17.5. The molecule has 3 heterocycles. The van der Waals surface area contributed by atoms with E-state index in [9.17, 15) is 4.79 Å². The molecule has 4 rings (SSSR count). The monoisotopic (exact) mass is 367 g/mol. The van der Waals surface area contributed by atoms with Crippen molar-refractivity contribution in [1.82, 2.24) is 20.3 Å². The van der Waals surface area contributed by atoms with Crippen molar-refractivity contribution in [3.8, 4) is 11.8 Å². The highest BCUT2D eigenvalue weighted by molar-refractivity contribution is 5.73. The van der Waals surface area contributed by atoms with Crippen LogP contribution in [-0.2, 0) is 22.7 Å². The molecular weight excluding hydrogens is 346 g/mol. The zero-order valence-electron chi connectivity index (χ0n) is 14.9. The molecule has 1 spiro atoms. The summed E-state index contributed by atoms with van der Waals surface area (Å²) >= 11 is 0. The number of cyclic esters (lactones) is 1. The van der Waals surface area contributed by atoms with Gasteiger partial charge in [0.15, 0.2) is 0 Å². The van der Waals surface area contributed by atoms with Crippen molar-refractivity contribution in [2.45, 2.75) is 38.5 Å². The number of esters is 1. The predicted octanol–water partition coefficient (Wildman–Crippen LogP) is 1.41. The lowest BCUT2D eigenvalue weighted by Gasteiger charge is -2.36. The van der Waals surface area contributed by atoms with Gasteiger partial charge in [-0.2, -0.15) is 5.26 Å². The molecule has 1 unspecified atom stereocenters. The second-order valence-electron chi connectivity index (χ2n) is 7.13. The number of nitrogens with one attached hydrogen (secondary N) is 1. The average molecular weight is 367 g/mol. The molecule has 140 valence electrons. The van der Waals surface area contributed by atoms with Crippen molar-refractivity contribution >= 4 is 5.97 Å². The number of hydrogen-bond donors (Lipinski definition) is 1. The minimum atomic E-state index is -0.171. The smallest absolute Gasteiger partial charge is 0.306 e. The molecule has 1 atom stereocenters. The highest BCUT2D eigenvalue weighted by atomic mass is 16.6. The van der Waals surface area contributed by atoms with Crippen LogP contribution in [0.4, 0.5) is 0 Å². The van der Waals surface area contributed by atoms with E-state index < -0.39 is 0 Å². The largest absolute Gasteiger partial charge is 0.487 e. The summed E-state index contributed by atoms with van der Waals surface area (Å²) < 4.78 is 13.0. The Morgan fingerprint density at radius 3 is 3.07 bits per heavy atom. The summed E-state index contributed by atoms with van der Waals surface area (Å²) in [5, 5.41) is 20.6. The van der Waals surface area contributed by atoms with Gasteiger partial charge in [0.25, 0.3) is 0 Å². The number of rotatable bonds is 5. The standard InChI is InChI=1S/C19H21N5O3/c20-10-14-2-1-3-16(8-14)26-13-15-11-24(23-22-15)12-17-19(9-18(25)27-17)4-6-21-7-5-19/h1-3,8,11,17,21H,4-7,9,12-13H2. The number of nitriles is 1. The molecule has 2 aromatic rings. The topological polar surface area (TPSA) is 102 Å². The van der Waals surface area contributed by atoms with Crippen molar-refractivity contribution in [2.75, 3.05) is 13.1 Å². The van der Waals surface area contributed by atoms with Crippen LogP contribution in [-0.4, -0.2) is 40.2 Å². The van der Waals surface area contributed by atoms with Crippen molar-refractivity contribution in [1.29, 1.82) is 5.26 Å². The Hall–Kier alpha value is -2.92. The van der Waals surface area contributed by atoms with Crippen LogP contribution in [0.3, 0.4) is 0 Å². The van der Waals surface area contributed by atoms with Gasteiger partial charge in [0.2, 0.25) is 0 Å². The van der Waals surface area contributed by atoms with Crippen molar-refractivity contribution in [3.05, 3.63) is 41.7 Å². The van der Waals surface area contributed by atoms with E-state index in [2.05, 4.69) is 21.7 Å². The second kappa shape index (κ2) is 7.37. The quantitative estimate of drug-likeness (QED) is 0.797. The number of nitrogens with zero attached hydrogens (tertiary/aromatic N) is 4. The van der Waals surface area contributed by atoms with Gasteiger partial charge in [0.1, 0.15) is 24.2 Å². The molecule has 1 aromatic heterocycles. The van der Waals surface area contributed by atoms with E-state index in [1.54, 1.807) is 28.9 Å². The maximum absolute atomic E-state index is 11.9. The Bertz CT molecular complexity index is 866. The van der Waals surface area contributed by atoms with Crippen molar-refractivity contribution in [2.24, 2.45) is 5.41 Å². The molecule has 1 aromatic carbocycles. The molecule has 2 aliphatic heterocycles. The number of piperidine rings is 1. The third-order valence-electron chi connectivity index (χ3n) is 5.34. The van der Waals surface area contributed by atoms with Crippen LogP contribution in [0.2, 0.25) is 0 Å². The van der Waals surface area contributed by atoms with Crippen LogP contribution < -0.4 is 10.1 Å². The van der Waals surface area contributed by atoms with Crippen molar-refractivity contribution < 1.29 is 14.3 Å². The van der Waals surface area contributed by atoms with Gasteiger partial charge >= 0.3 is 5.97 Å². The van der Waals surface area contributed by atoms with Crippen LogP contribution in [0.15, 0.2) is 30.5 Å². The Labute approximate surface area is 157 Å². The molecule has 2 saturated heterocycles. The third kappa shape index (κ3) is 3.78. The summed E-state index contributed by atoms with van der Waals surface area (Å²) in [5.74, 6) is 0.491. The highest BCUT2D eigenvalue weighted by Crippen LogP contribution is 2.43. The summed E-state index contributed by atoms with van der Waals surface area (Å²) in [7, 11) is 0. The number of hydrogen-bond acceptors (Lipinski definition) is 7. The molecule has 8 heteroatoms. The molecular formula is C19H21N5O3. The van der Waals surface area contributed by atoms with E-state index in [0.717, 1.165) is 25.9 Å². The zero-order chi connectivity index (χ0) is 18.7. The Kier molecular flexibility index (Phi) is 4.77. The molecule has 0 amide bonds. The highest BCUT2D eigenvalue weighted by Gasteiger charge is 2.49. The summed E-state index contributed by atoms with van der Waals surface area (Å²) in [5.41, 5.74) is 1.13. The van der Waals surface area contributed by atoms with Gasteiger partial charge in [-0.15, -0.1) is 5.10 Å². The lowest BCUT2D eigenvalue weighted by atomic mass is 9.73. The SMILES string of the molecule is N#Cc1cccc(OCc2cn(CC3OC(=O)CC34CCNCC4)nn2)c1. The Balaban J connectivity index is 1.39. The molecule has 27 heavy (non-hydrogen) atoms. The first-order chi connectivity index (χ1) is 13.2. The fraction of sp³-hybridized carbons (Fsp3) is 0.474. The van der Waals surface area contributed by atoms with Gasteiger partial charge in [0, 0.05) is 5.41 Å². The molecule has 2 aliphatic rings. The van der Waals surface area contributed by atoms with Gasteiger partial charge in [-0.05, 0) is 44.1 Å². The summed E-state index contributed by atoms with van der Waals surface area (Å²) in [6.07, 6.45) is 4.00. The molecule has 1 N–H and O–H groups in total. The second-order valence-corrected chi connectivity index (χ2v) is 7.13. The molecule has 8 nitrogen and oxygen atoms in total. The van der Waals surface area contributed by atoms with Gasteiger partial charge in [-0.1, -0.05) is 11.3 Å². The number of carbonyl (C=O) groups is 1. The van der Waals surface area contributed by atoms with Gasteiger partial charge in [-0.25, -0.2) is 4.68 Å². The fourth-order valence-electron chi connectivity index (χ4n) is 3.86. The molecule has 2 fully saturated rings. The first-order valence-corrected chi connectivity index (χ1v) is 9.09. The Morgan fingerprint density at radius 1 is 1.41 bits per heavy atom. The average Bonchev–Trinajstić information content (AvgIpc) is 3.25. The minimum absolute atomic E-state index is 0.0946. The van der Waals surface area contributed by atoms with Gasteiger partial charge in [0.05, 0.1) is 30.8 Å². The molecule has 0 radical (unpaired) electrons. The number of carbonyl (C=O) groups excluding carboxylic acids is 1. The van der Waals surface area contributed by atoms with Crippen LogP contribution in [0.1, 0.15) is 30.5 Å². The normalized spacial score (nSPS) is 21.0. The summed E-state index contributed by atoms with van der Waals surface area (Å²) in [4.78, 5) is 11.9. The zero-order valence-corrected chi connectivity index (χ0v) is 14.9. The molecule has 0 aliphatic carbocycles. The van der Waals surface area contributed by atoms with Crippen molar-refractivity contribution in [3.63, 3.8) is 0 Å². The van der Waals surface area contributed by atoms with E-state index in [1.807, 2.05) is 6.20 Å². The van der Waals surface area contributed by atoms with E-state index in [4.69, 9.17) is 14.7 Å². The van der Waals surface area contributed by atoms with Crippen LogP contribution >= 0.6 is 0 Å². The minimum Gasteiger partial charge on any atom is -0.487 e. The summed E-state index contributed by atoms with van der Waals surface area (Å²) in [6, 6.07) is 9.06. The van der Waals surface area contributed by atoms with E-state index in [1.165, 1.54) is 0 Å². The van der Waals surface area contributed by atoms with Crippen LogP contribution in [0.5, 0.6) is 5.75 Å². The lowest BCUT2D eigenvalue weighted by molar-refractivity contribution is -0.142. The maximum atomic E-state index is 11.9. The van der Waals surface area contributed by atoms with E-state index in [-0.39, 0.29) is 24.1 Å². The van der Waals surface area contributed by atoms with Crippen LogP contribution in [0, 0.1) is 16.7 Å². The van der Waals surface area contributed by atoms with E-state index in [0.29, 0.717) is 30.0 Å². The first-order valence-electron chi connectivity index (χ1n) is 9.09. The van der Waals surface area contributed by atoms with Gasteiger partial charge in [-0.3, -0.25) is 4.79 Å². The number of ether oxygens (including phenoxy) is 2. The predicted molar refractivity (Wildman–Crippen MR) is 94.5 cm³/mol. The lowest BCUT2D eigenvalue weighted by Crippen LogP contribution is -2.43. The third-order valence-corrected chi connectivity index (χ3v) is 5.34. The Morgan fingerprint density at radius 2 is 2.26 bits per heavy atom. The molecule has 0 bridgehead atoms. The maximum Gasteiger partial charge on any atom is 0.306 e. The van der Waals surface area contributed by atoms with Crippen LogP contribution in [0.25, 0.3) is 0 Å².